The van der Waals surface area contributed by atoms with Crippen LogP contribution in [0.4, 0.5) is 8.78 Å². The minimum absolute atomic E-state index is 0.296. The first-order valence-corrected chi connectivity index (χ1v) is 10.0. The number of carboxylic acid groups (broad SMARTS) is 1. The molecular formula is C25H26F2N2O3. The van der Waals surface area contributed by atoms with Crippen molar-refractivity contribution in [3.8, 4) is 17.0 Å². The largest absolute Gasteiger partial charge is 0.496 e. The Hall–Kier alpha value is -3.74. The number of benzene rings is 2. The zero-order chi connectivity index (χ0) is 23.8. The molecule has 5 nitrogen and oxygen atoms in total. The normalized spacial score (nSPS) is 10.9. The number of rotatable bonds is 6. The molecule has 32 heavy (non-hydrogen) atoms. The van der Waals surface area contributed by atoms with E-state index in [1.54, 1.807) is 25.1 Å². The Kier molecular flexibility index (Phi) is 8.46. The van der Waals surface area contributed by atoms with Crippen molar-refractivity contribution < 1.29 is 23.4 Å². The molecule has 0 bridgehead atoms. The lowest BCUT2D eigenvalue weighted by Gasteiger charge is -2.10. The summed E-state index contributed by atoms with van der Waals surface area (Å²) in [5.41, 5.74) is 2.29. The molecule has 0 spiro atoms. The molecule has 1 aromatic heterocycles. The summed E-state index contributed by atoms with van der Waals surface area (Å²) in [6.45, 7) is 9.70. The monoisotopic (exact) mass is 440 g/mol. The van der Waals surface area contributed by atoms with Crippen LogP contribution in [0.25, 0.3) is 29.0 Å². The van der Waals surface area contributed by atoms with Crippen molar-refractivity contribution >= 4 is 23.7 Å². The molecule has 2 aromatic carbocycles. The fraction of sp³-hybridized carbons (Fsp3) is 0.200. The molecular weight excluding hydrogens is 414 g/mol. The minimum atomic E-state index is -1.36. The van der Waals surface area contributed by atoms with Gasteiger partial charge >= 0.3 is 5.97 Å². The van der Waals surface area contributed by atoms with E-state index in [1.807, 2.05) is 0 Å². The maximum atomic E-state index is 14.4. The van der Waals surface area contributed by atoms with E-state index in [0.29, 0.717) is 39.4 Å². The molecule has 0 saturated heterocycles. The molecule has 3 rings (SSSR count). The standard InChI is InChI=1S/C22H18F2N2O3.C3H8/c1-4-18-15(10-12(2)20-16(23)6-5-7-19(20)29-3)21(26-25-18)13-8-9-14(22(27)28)17(24)11-13;1-3-2/h4-11H,1H2,2-3H3,(H,25,26)(H,27,28);3H2,1-2H3/b12-10+;. The van der Waals surface area contributed by atoms with Crippen molar-refractivity contribution in [3.63, 3.8) is 0 Å². The molecule has 0 radical (unpaired) electrons. The first kappa shape index (κ1) is 24.5. The summed E-state index contributed by atoms with van der Waals surface area (Å²) in [6, 6.07) is 8.28. The first-order chi connectivity index (χ1) is 15.3. The van der Waals surface area contributed by atoms with Gasteiger partial charge in [0.25, 0.3) is 0 Å². The van der Waals surface area contributed by atoms with Crippen LogP contribution in [-0.4, -0.2) is 28.4 Å². The Morgan fingerprint density at radius 1 is 1.22 bits per heavy atom. The van der Waals surface area contributed by atoms with Gasteiger partial charge in [0.1, 0.15) is 23.1 Å². The van der Waals surface area contributed by atoms with Crippen molar-refractivity contribution in [2.24, 2.45) is 0 Å². The predicted molar refractivity (Wildman–Crippen MR) is 123 cm³/mol. The molecule has 168 valence electrons. The maximum absolute atomic E-state index is 14.4. The van der Waals surface area contributed by atoms with Gasteiger partial charge in [-0.1, -0.05) is 39.0 Å². The second-order valence-corrected chi connectivity index (χ2v) is 6.96. The lowest BCUT2D eigenvalue weighted by molar-refractivity contribution is 0.0692. The van der Waals surface area contributed by atoms with Crippen molar-refractivity contribution in [2.75, 3.05) is 7.11 Å². The summed E-state index contributed by atoms with van der Waals surface area (Å²) in [7, 11) is 1.46. The average Bonchev–Trinajstić information content (AvgIpc) is 3.16. The van der Waals surface area contributed by atoms with Crippen molar-refractivity contribution in [1.29, 1.82) is 0 Å². The van der Waals surface area contributed by atoms with Gasteiger partial charge in [-0.05, 0) is 48.9 Å². The highest BCUT2D eigenvalue weighted by atomic mass is 19.1. The van der Waals surface area contributed by atoms with Crippen molar-refractivity contribution in [3.05, 3.63) is 77.0 Å². The number of methoxy groups -OCH3 is 1. The van der Waals surface area contributed by atoms with E-state index in [-0.39, 0.29) is 0 Å². The van der Waals surface area contributed by atoms with Gasteiger partial charge in [-0.25, -0.2) is 13.6 Å². The molecule has 0 aliphatic rings. The smallest absolute Gasteiger partial charge is 0.338 e. The summed E-state index contributed by atoms with van der Waals surface area (Å²) in [5, 5.41) is 16.0. The maximum Gasteiger partial charge on any atom is 0.338 e. The molecule has 0 aliphatic heterocycles. The number of carbonyl (C=O) groups is 1. The van der Waals surface area contributed by atoms with Crippen LogP contribution in [0, 0.1) is 11.6 Å². The molecule has 7 heteroatoms. The van der Waals surface area contributed by atoms with Gasteiger partial charge < -0.3 is 9.84 Å². The number of ether oxygens (including phenoxy) is 1. The Labute approximate surface area is 186 Å². The van der Waals surface area contributed by atoms with Gasteiger partial charge in [-0.3, -0.25) is 5.10 Å². The Morgan fingerprint density at radius 2 is 1.91 bits per heavy atom. The zero-order valence-corrected chi connectivity index (χ0v) is 18.5. The van der Waals surface area contributed by atoms with Gasteiger partial charge in [0, 0.05) is 11.1 Å². The number of hydrogen-bond donors (Lipinski definition) is 2. The number of aromatic amines is 1. The number of nitrogens with one attached hydrogen (secondary N) is 1. The first-order valence-electron chi connectivity index (χ1n) is 10.0. The molecule has 0 amide bonds. The zero-order valence-electron chi connectivity index (χ0n) is 18.5. The number of aromatic nitrogens is 2. The minimum Gasteiger partial charge on any atom is -0.496 e. The number of H-pyrrole nitrogens is 1. The van der Waals surface area contributed by atoms with E-state index >= 15 is 0 Å². The summed E-state index contributed by atoms with van der Waals surface area (Å²) in [4.78, 5) is 11.0. The molecule has 0 aliphatic carbocycles. The molecule has 0 atom stereocenters. The third-order valence-electron chi connectivity index (χ3n) is 4.46. The van der Waals surface area contributed by atoms with Crippen molar-refractivity contribution in [1.82, 2.24) is 10.2 Å². The van der Waals surface area contributed by atoms with Crippen LogP contribution in [0.1, 0.15) is 54.4 Å². The Balaban J connectivity index is 0.00000114. The van der Waals surface area contributed by atoms with E-state index in [0.717, 1.165) is 6.07 Å². The van der Waals surface area contributed by atoms with Gasteiger partial charge in [-0.2, -0.15) is 5.10 Å². The van der Waals surface area contributed by atoms with Gasteiger partial charge in [0.05, 0.1) is 23.9 Å². The van der Waals surface area contributed by atoms with Crippen LogP contribution in [0.2, 0.25) is 0 Å². The second-order valence-electron chi connectivity index (χ2n) is 6.96. The van der Waals surface area contributed by atoms with Crippen molar-refractivity contribution in [2.45, 2.75) is 27.2 Å². The summed E-state index contributed by atoms with van der Waals surface area (Å²) < 4.78 is 33.9. The van der Waals surface area contributed by atoms with Gasteiger partial charge in [0.2, 0.25) is 0 Å². The fourth-order valence-corrected chi connectivity index (χ4v) is 3.07. The highest BCUT2D eigenvalue weighted by Gasteiger charge is 2.18. The third-order valence-corrected chi connectivity index (χ3v) is 4.46. The number of nitrogens with zero attached hydrogens (tertiary/aromatic N) is 1. The number of halogens is 2. The van der Waals surface area contributed by atoms with E-state index in [2.05, 4.69) is 30.6 Å². The van der Waals surface area contributed by atoms with E-state index < -0.39 is 23.2 Å². The number of allylic oxidation sites excluding steroid dienone is 1. The van der Waals surface area contributed by atoms with Crippen LogP contribution in [0.15, 0.2) is 43.0 Å². The van der Waals surface area contributed by atoms with Crippen LogP contribution < -0.4 is 4.74 Å². The quantitative estimate of drug-likeness (QED) is 0.448. The number of hydrogen-bond acceptors (Lipinski definition) is 3. The highest BCUT2D eigenvalue weighted by molar-refractivity contribution is 5.91. The lowest BCUT2D eigenvalue weighted by Crippen LogP contribution is -2.00. The van der Waals surface area contributed by atoms with E-state index in [4.69, 9.17) is 9.84 Å². The molecule has 2 N–H and O–H groups in total. The predicted octanol–water partition coefficient (Wildman–Crippen LogP) is 6.68. The Bertz CT molecular complexity index is 1150. The number of aromatic carboxylic acids is 1. The van der Waals surface area contributed by atoms with Crippen LogP contribution >= 0.6 is 0 Å². The highest BCUT2D eigenvalue weighted by Crippen LogP contribution is 2.33. The third kappa shape index (κ3) is 5.29. The van der Waals surface area contributed by atoms with E-state index in [9.17, 15) is 13.6 Å². The SMILES string of the molecule is C=Cc1[nH]nc(-c2ccc(C(=O)O)c(F)c2)c1/C=C(\C)c1c(F)cccc1OC.CCC. The molecule has 0 saturated carbocycles. The van der Waals surface area contributed by atoms with E-state index in [1.165, 1.54) is 37.8 Å². The van der Waals surface area contributed by atoms with Crippen LogP contribution in [0.3, 0.4) is 0 Å². The number of carboxylic acids is 1. The summed E-state index contributed by atoms with van der Waals surface area (Å²) in [5.74, 6) is -2.30. The Morgan fingerprint density at radius 3 is 2.47 bits per heavy atom. The lowest BCUT2D eigenvalue weighted by atomic mass is 9.98. The van der Waals surface area contributed by atoms with Crippen LogP contribution in [-0.2, 0) is 0 Å². The molecule has 0 unspecified atom stereocenters. The summed E-state index contributed by atoms with van der Waals surface area (Å²) in [6.07, 6.45) is 4.48. The van der Waals surface area contributed by atoms with Gasteiger partial charge in [-0.15, -0.1) is 0 Å². The van der Waals surface area contributed by atoms with Crippen LogP contribution in [0.5, 0.6) is 5.75 Å². The van der Waals surface area contributed by atoms with Gasteiger partial charge in [0.15, 0.2) is 0 Å². The fourth-order valence-electron chi connectivity index (χ4n) is 3.07. The molecule has 3 aromatic rings. The molecule has 1 heterocycles. The average molecular weight is 440 g/mol. The second kappa shape index (κ2) is 11.0. The topological polar surface area (TPSA) is 75.2 Å². The summed E-state index contributed by atoms with van der Waals surface area (Å²) >= 11 is 0. The molecule has 0 fully saturated rings.